The van der Waals surface area contributed by atoms with Crippen LogP contribution in [-0.2, 0) is 6.42 Å². The van der Waals surface area contributed by atoms with Crippen molar-refractivity contribution in [2.75, 3.05) is 0 Å². The molecule has 0 spiro atoms. The second-order valence-electron chi connectivity index (χ2n) is 5.69. The minimum atomic E-state index is -1.19. The van der Waals surface area contributed by atoms with Gasteiger partial charge in [-0.2, -0.15) is 0 Å². The lowest BCUT2D eigenvalue weighted by Crippen LogP contribution is -2.10. The molecule has 0 amide bonds. The summed E-state index contributed by atoms with van der Waals surface area (Å²) in [6.45, 7) is 7.46. The van der Waals surface area contributed by atoms with E-state index in [0.717, 1.165) is 22.3 Å². The largest absolute Gasteiger partial charge is 0.388 e. The van der Waals surface area contributed by atoms with Crippen LogP contribution in [0, 0.1) is 39.3 Å². The Kier molecular flexibility index (Phi) is 4.43. The maximum atomic E-state index is 14.1. The summed E-state index contributed by atoms with van der Waals surface area (Å²) >= 11 is 0. The van der Waals surface area contributed by atoms with Gasteiger partial charge in [0.1, 0.15) is 11.6 Å². The van der Waals surface area contributed by atoms with E-state index >= 15 is 0 Å². The highest BCUT2D eigenvalue weighted by Crippen LogP contribution is 2.28. The van der Waals surface area contributed by atoms with E-state index < -0.39 is 17.7 Å². The van der Waals surface area contributed by atoms with E-state index in [9.17, 15) is 13.9 Å². The van der Waals surface area contributed by atoms with E-state index in [-0.39, 0.29) is 12.0 Å². The Labute approximate surface area is 124 Å². The van der Waals surface area contributed by atoms with Gasteiger partial charge in [-0.1, -0.05) is 23.8 Å². The van der Waals surface area contributed by atoms with Gasteiger partial charge in [0, 0.05) is 6.42 Å². The number of aliphatic hydroxyl groups is 1. The Balaban J connectivity index is 2.40. The standard InChI is InChI=1S/C18H20F2O/c1-10-7-12(3)14(13(4)8-10)9-16(21)17-15(19)6-5-11(2)18(17)20/h5-8,16,21H,9H2,1-4H3. The van der Waals surface area contributed by atoms with Gasteiger partial charge in [0.05, 0.1) is 11.7 Å². The molecule has 0 aliphatic heterocycles. The summed E-state index contributed by atoms with van der Waals surface area (Å²) in [5, 5.41) is 10.3. The molecule has 1 N–H and O–H groups in total. The summed E-state index contributed by atoms with van der Waals surface area (Å²) in [7, 11) is 0. The zero-order valence-corrected chi connectivity index (χ0v) is 12.8. The monoisotopic (exact) mass is 290 g/mol. The van der Waals surface area contributed by atoms with E-state index in [0.29, 0.717) is 5.56 Å². The minimum absolute atomic E-state index is 0.204. The first-order chi connectivity index (χ1) is 9.81. The maximum Gasteiger partial charge on any atom is 0.134 e. The molecule has 0 saturated heterocycles. The third-order valence-electron chi connectivity index (χ3n) is 3.89. The number of hydrogen-bond acceptors (Lipinski definition) is 1. The van der Waals surface area contributed by atoms with Gasteiger partial charge >= 0.3 is 0 Å². The normalized spacial score (nSPS) is 12.5. The lowest BCUT2D eigenvalue weighted by molar-refractivity contribution is 0.167. The molecule has 21 heavy (non-hydrogen) atoms. The van der Waals surface area contributed by atoms with Crippen molar-refractivity contribution in [1.29, 1.82) is 0 Å². The fourth-order valence-corrected chi connectivity index (χ4v) is 2.81. The van der Waals surface area contributed by atoms with Crippen LogP contribution in [0.5, 0.6) is 0 Å². The first-order valence-corrected chi connectivity index (χ1v) is 7.00. The second kappa shape index (κ2) is 5.94. The lowest BCUT2D eigenvalue weighted by Gasteiger charge is -2.18. The number of aliphatic hydroxyl groups excluding tert-OH is 1. The quantitative estimate of drug-likeness (QED) is 0.884. The van der Waals surface area contributed by atoms with Crippen LogP contribution in [0.1, 0.15) is 39.5 Å². The average molecular weight is 290 g/mol. The molecule has 0 fully saturated rings. The molecule has 2 aromatic carbocycles. The third-order valence-corrected chi connectivity index (χ3v) is 3.89. The van der Waals surface area contributed by atoms with E-state index in [1.54, 1.807) is 6.92 Å². The topological polar surface area (TPSA) is 20.2 Å². The minimum Gasteiger partial charge on any atom is -0.388 e. The number of rotatable bonds is 3. The van der Waals surface area contributed by atoms with E-state index in [1.165, 1.54) is 12.1 Å². The van der Waals surface area contributed by atoms with Gasteiger partial charge < -0.3 is 5.11 Å². The number of aryl methyl sites for hydroxylation is 4. The summed E-state index contributed by atoms with van der Waals surface area (Å²) in [6.07, 6.45) is -0.986. The van der Waals surface area contributed by atoms with E-state index in [4.69, 9.17) is 0 Å². The molecule has 0 aliphatic carbocycles. The maximum absolute atomic E-state index is 14.1. The van der Waals surface area contributed by atoms with Gasteiger partial charge in [-0.3, -0.25) is 0 Å². The molecule has 1 unspecified atom stereocenters. The van der Waals surface area contributed by atoms with Crippen LogP contribution < -0.4 is 0 Å². The first-order valence-electron chi connectivity index (χ1n) is 7.00. The Morgan fingerprint density at radius 2 is 1.52 bits per heavy atom. The van der Waals surface area contributed by atoms with Crippen LogP contribution in [-0.4, -0.2) is 5.11 Å². The van der Waals surface area contributed by atoms with Crippen molar-refractivity contribution in [2.24, 2.45) is 0 Å². The molecule has 1 nitrogen and oxygen atoms in total. The van der Waals surface area contributed by atoms with Crippen molar-refractivity contribution in [3.8, 4) is 0 Å². The summed E-state index contributed by atoms with van der Waals surface area (Å²) in [5.74, 6) is -1.36. The molecular formula is C18H20F2O. The smallest absolute Gasteiger partial charge is 0.134 e. The van der Waals surface area contributed by atoms with Crippen LogP contribution in [0.4, 0.5) is 8.78 Å². The second-order valence-corrected chi connectivity index (χ2v) is 5.69. The van der Waals surface area contributed by atoms with Crippen LogP contribution in [0.25, 0.3) is 0 Å². The van der Waals surface area contributed by atoms with Gasteiger partial charge in [0.2, 0.25) is 0 Å². The predicted octanol–water partition coefficient (Wildman–Crippen LogP) is 4.47. The van der Waals surface area contributed by atoms with Crippen LogP contribution in [0.2, 0.25) is 0 Å². The number of hydrogen-bond donors (Lipinski definition) is 1. The highest BCUT2D eigenvalue weighted by atomic mass is 19.1. The van der Waals surface area contributed by atoms with Crippen LogP contribution in [0.15, 0.2) is 24.3 Å². The van der Waals surface area contributed by atoms with Crippen molar-refractivity contribution >= 4 is 0 Å². The molecule has 1 atom stereocenters. The van der Waals surface area contributed by atoms with Crippen LogP contribution >= 0.6 is 0 Å². The SMILES string of the molecule is Cc1cc(C)c(CC(O)c2c(F)ccc(C)c2F)c(C)c1. The summed E-state index contributed by atoms with van der Waals surface area (Å²) in [4.78, 5) is 0. The van der Waals surface area contributed by atoms with Gasteiger partial charge in [0.15, 0.2) is 0 Å². The van der Waals surface area contributed by atoms with Crippen molar-refractivity contribution in [1.82, 2.24) is 0 Å². The van der Waals surface area contributed by atoms with Gasteiger partial charge in [0.25, 0.3) is 0 Å². The van der Waals surface area contributed by atoms with E-state index in [1.807, 2.05) is 32.9 Å². The van der Waals surface area contributed by atoms with Crippen molar-refractivity contribution in [3.63, 3.8) is 0 Å². The molecule has 2 rings (SSSR count). The Hall–Kier alpha value is -1.74. The van der Waals surface area contributed by atoms with Crippen molar-refractivity contribution < 1.29 is 13.9 Å². The highest BCUT2D eigenvalue weighted by Gasteiger charge is 2.21. The fourth-order valence-electron chi connectivity index (χ4n) is 2.81. The number of benzene rings is 2. The fraction of sp³-hybridized carbons (Fsp3) is 0.333. The molecule has 0 aliphatic rings. The summed E-state index contributed by atoms with van der Waals surface area (Å²) in [6, 6.07) is 6.60. The summed E-state index contributed by atoms with van der Waals surface area (Å²) in [5.41, 5.74) is 4.22. The Morgan fingerprint density at radius 3 is 2.10 bits per heavy atom. The molecule has 0 heterocycles. The molecule has 0 saturated carbocycles. The molecule has 112 valence electrons. The average Bonchev–Trinajstić information content (AvgIpc) is 2.38. The van der Waals surface area contributed by atoms with Crippen molar-refractivity contribution in [3.05, 3.63) is 69.3 Å². The van der Waals surface area contributed by atoms with Gasteiger partial charge in [-0.15, -0.1) is 0 Å². The predicted molar refractivity (Wildman–Crippen MR) is 80.4 cm³/mol. The van der Waals surface area contributed by atoms with Crippen molar-refractivity contribution in [2.45, 2.75) is 40.2 Å². The summed E-state index contributed by atoms with van der Waals surface area (Å²) < 4.78 is 27.9. The number of halogens is 2. The molecule has 0 bridgehead atoms. The lowest BCUT2D eigenvalue weighted by atomic mass is 9.92. The molecule has 3 heteroatoms. The van der Waals surface area contributed by atoms with Crippen LogP contribution in [0.3, 0.4) is 0 Å². The molecule has 2 aromatic rings. The molecule has 0 aromatic heterocycles. The van der Waals surface area contributed by atoms with Gasteiger partial charge in [-0.05, 0) is 56.0 Å². The zero-order chi connectivity index (χ0) is 15.7. The van der Waals surface area contributed by atoms with E-state index in [2.05, 4.69) is 0 Å². The zero-order valence-electron chi connectivity index (χ0n) is 12.8. The Bertz CT molecular complexity index is 654. The first kappa shape index (κ1) is 15.6. The Morgan fingerprint density at radius 1 is 0.952 bits per heavy atom. The molecular weight excluding hydrogens is 270 g/mol. The third kappa shape index (κ3) is 3.13. The molecule has 0 radical (unpaired) electrons. The van der Waals surface area contributed by atoms with Gasteiger partial charge in [-0.25, -0.2) is 8.78 Å². The highest BCUT2D eigenvalue weighted by molar-refractivity contribution is 5.39.